The van der Waals surface area contributed by atoms with Gasteiger partial charge >= 0.3 is 0 Å². The summed E-state index contributed by atoms with van der Waals surface area (Å²) in [5, 5.41) is 0. The van der Waals surface area contributed by atoms with E-state index in [1.54, 1.807) is 24.3 Å². The Morgan fingerprint density at radius 3 is 1.30 bits per heavy atom. The van der Waals surface area contributed by atoms with Crippen LogP contribution in [-0.2, 0) is 33.3 Å². The van der Waals surface area contributed by atoms with E-state index in [1.165, 1.54) is 0 Å². The molecule has 0 aliphatic heterocycles. The fourth-order valence-corrected chi connectivity index (χ4v) is 4.63. The third kappa shape index (κ3) is 16.7. The zero-order chi connectivity index (χ0) is 31.6. The molecule has 43 heavy (non-hydrogen) atoms. The molecule has 13 heteroatoms. The summed E-state index contributed by atoms with van der Waals surface area (Å²) in [6, 6.07) is 14.4. The van der Waals surface area contributed by atoms with Gasteiger partial charge in [0, 0.05) is 0 Å². The van der Waals surface area contributed by atoms with Crippen molar-refractivity contribution in [2.75, 3.05) is 52.2 Å². The Balaban J connectivity index is 1.82. The minimum Gasteiger partial charge on any atom is -0.487 e. The van der Waals surface area contributed by atoms with Crippen molar-refractivity contribution in [3.05, 3.63) is 48.5 Å². The summed E-state index contributed by atoms with van der Waals surface area (Å²) in [5.41, 5.74) is 0. The number of unbranched alkanes of at least 4 members (excludes halogenated alkanes) is 2. The van der Waals surface area contributed by atoms with Gasteiger partial charge in [0.05, 0.1) is 25.7 Å². The molecule has 0 bridgehead atoms. The van der Waals surface area contributed by atoms with E-state index in [-0.39, 0.29) is 26.4 Å². The molecule has 0 N–H and O–H groups in total. The molecule has 0 heterocycles. The molecule has 0 radical (unpaired) electrons. The monoisotopic (exact) mass is 646 g/mol. The van der Waals surface area contributed by atoms with E-state index in [0.717, 1.165) is 38.2 Å². The normalized spacial score (nSPS) is 13.3. The zero-order valence-electron chi connectivity index (χ0n) is 25.6. The lowest BCUT2D eigenvalue weighted by Crippen LogP contribution is -2.25. The van der Waals surface area contributed by atoms with Crippen molar-refractivity contribution >= 4 is 20.2 Å². The van der Waals surface area contributed by atoms with E-state index in [9.17, 15) is 16.8 Å². The van der Waals surface area contributed by atoms with Crippen molar-refractivity contribution < 1.29 is 48.9 Å². The Morgan fingerprint density at radius 2 is 0.953 bits per heavy atom. The van der Waals surface area contributed by atoms with Crippen molar-refractivity contribution in [3.63, 3.8) is 0 Å². The highest BCUT2D eigenvalue weighted by atomic mass is 32.2. The Bertz CT molecular complexity index is 1170. The summed E-state index contributed by atoms with van der Waals surface area (Å²) < 4.78 is 85.3. The molecule has 0 fully saturated rings. The maximum atomic E-state index is 11.5. The Kier molecular flexibility index (Phi) is 16.7. The summed E-state index contributed by atoms with van der Waals surface area (Å²) in [4.78, 5) is 0. The molecule has 0 saturated carbocycles. The van der Waals surface area contributed by atoms with Crippen molar-refractivity contribution in [1.29, 1.82) is 0 Å². The van der Waals surface area contributed by atoms with Gasteiger partial charge in [-0.3, -0.25) is 8.37 Å². The lowest BCUT2D eigenvalue weighted by atomic mass is 10.2. The van der Waals surface area contributed by atoms with E-state index >= 15 is 0 Å². The maximum Gasteiger partial charge on any atom is 0.264 e. The highest BCUT2D eigenvalue weighted by Crippen LogP contribution is 2.29. The summed E-state index contributed by atoms with van der Waals surface area (Å²) in [5.74, 6) is 2.04. The molecule has 0 aromatic heterocycles. The average Bonchev–Trinajstić information content (AvgIpc) is 2.96. The molecule has 2 rings (SSSR count). The molecule has 0 aliphatic carbocycles. The van der Waals surface area contributed by atoms with Crippen molar-refractivity contribution in [2.45, 2.75) is 64.6 Å². The van der Waals surface area contributed by atoms with Crippen LogP contribution in [0, 0.1) is 0 Å². The molecule has 0 spiro atoms. The second-order valence-electron chi connectivity index (χ2n) is 9.94. The molecule has 2 aromatic carbocycles. The first kappa shape index (κ1) is 36.6. The van der Waals surface area contributed by atoms with E-state index in [0.29, 0.717) is 49.1 Å². The zero-order valence-corrected chi connectivity index (χ0v) is 27.2. The first-order valence-electron chi connectivity index (χ1n) is 14.5. The maximum absolute atomic E-state index is 11.5. The van der Waals surface area contributed by atoms with Gasteiger partial charge in [0.25, 0.3) is 20.2 Å². The quantitative estimate of drug-likeness (QED) is 0.113. The second kappa shape index (κ2) is 19.6. The first-order chi connectivity index (χ1) is 20.5. The lowest BCUT2D eigenvalue weighted by molar-refractivity contribution is 0.0706. The Hall–Kier alpha value is -2.58. The number of benzene rings is 2. The standard InChI is InChI=1S/C30H46O11S2/c1-5-7-13-25(23-38-42(3,31)32)40-29-17-11-9-15-27(29)36-21-19-35-20-22-37-28-16-10-12-18-30(28)41-26(14-8-6-2)24-39-43(4,33)34/h9-12,15-18,25-26H,5-8,13-14,19-24H2,1-4H3. The minimum atomic E-state index is -3.58. The third-order valence-corrected chi connectivity index (χ3v) is 7.08. The van der Waals surface area contributed by atoms with Crippen LogP contribution in [0.2, 0.25) is 0 Å². The molecule has 0 saturated heterocycles. The van der Waals surface area contributed by atoms with Gasteiger partial charge in [-0.25, -0.2) is 0 Å². The smallest absolute Gasteiger partial charge is 0.264 e. The van der Waals surface area contributed by atoms with Crippen LogP contribution in [0.25, 0.3) is 0 Å². The molecular formula is C30H46O11S2. The van der Waals surface area contributed by atoms with Crippen LogP contribution in [-0.4, -0.2) is 81.2 Å². The Labute approximate surface area is 257 Å². The molecular weight excluding hydrogens is 600 g/mol. The highest BCUT2D eigenvalue weighted by Gasteiger charge is 2.18. The van der Waals surface area contributed by atoms with E-state index < -0.39 is 32.4 Å². The predicted octanol–water partition coefficient (Wildman–Crippen LogP) is 4.99. The molecule has 11 nitrogen and oxygen atoms in total. The van der Waals surface area contributed by atoms with Crippen LogP contribution in [0.4, 0.5) is 0 Å². The lowest BCUT2D eigenvalue weighted by Gasteiger charge is -2.21. The van der Waals surface area contributed by atoms with E-state index in [2.05, 4.69) is 0 Å². The van der Waals surface area contributed by atoms with Gasteiger partial charge in [0.2, 0.25) is 0 Å². The van der Waals surface area contributed by atoms with Gasteiger partial charge in [0.15, 0.2) is 23.0 Å². The van der Waals surface area contributed by atoms with Gasteiger partial charge in [-0.1, -0.05) is 51.0 Å². The highest BCUT2D eigenvalue weighted by molar-refractivity contribution is 7.86. The molecule has 2 atom stereocenters. The van der Waals surface area contributed by atoms with Gasteiger partial charge in [-0.2, -0.15) is 16.8 Å². The van der Waals surface area contributed by atoms with Crippen molar-refractivity contribution in [1.82, 2.24) is 0 Å². The van der Waals surface area contributed by atoms with Gasteiger partial charge in [-0.15, -0.1) is 0 Å². The van der Waals surface area contributed by atoms with Crippen LogP contribution in [0.5, 0.6) is 23.0 Å². The van der Waals surface area contributed by atoms with Crippen LogP contribution >= 0.6 is 0 Å². The molecule has 0 amide bonds. The van der Waals surface area contributed by atoms with Gasteiger partial charge in [0.1, 0.15) is 38.6 Å². The minimum absolute atomic E-state index is 0.0712. The summed E-state index contributed by atoms with van der Waals surface area (Å²) in [6.07, 6.45) is 6.06. The third-order valence-electron chi connectivity index (χ3n) is 5.95. The number of rotatable bonds is 24. The number of hydrogen-bond donors (Lipinski definition) is 0. The largest absolute Gasteiger partial charge is 0.487 e. The van der Waals surface area contributed by atoms with E-state index in [4.69, 9.17) is 32.1 Å². The number of hydrogen-bond acceptors (Lipinski definition) is 11. The summed E-state index contributed by atoms with van der Waals surface area (Å²) in [6.45, 7) is 5.08. The Morgan fingerprint density at radius 1 is 0.581 bits per heavy atom. The number of ether oxygens (including phenoxy) is 5. The summed E-state index contributed by atoms with van der Waals surface area (Å²) in [7, 11) is -7.16. The predicted molar refractivity (Wildman–Crippen MR) is 164 cm³/mol. The molecule has 0 aliphatic rings. The van der Waals surface area contributed by atoms with Crippen LogP contribution in [0.1, 0.15) is 52.4 Å². The van der Waals surface area contributed by atoms with Crippen molar-refractivity contribution in [3.8, 4) is 23.0 Å². The second-order valence-corrected chi connectivity index (χ2v) is 13.2. The van der Waals surface area contributed by atoms with Crippen LogP contribution in [0.15, 0.2) is 48.5 Å². The first-order valence-corrected chi connectivity index (χ1v) is 18.2. The number of para-hydroxylation sites is 4. The summed E-state index contributed by atoms with van der Waals surface area (Å²) >= 11 is 0. The SMILES string of the molecule is CCCCC(COS(C)(=O)=O)Oc1ccccc1OCCOCCOc1ccccc1OC(CCCC)COS(C)(=O)=O. The van der Waals surface area contributed by atoms with Gasteiger partial charge < -0.3 is 23.7 Å². The van der Waals surface area contributed by atoms with Crippen LogP contribution in [0.3, 0.4) is 0 Å². The molecule has 244 valence electrons. The molecule has 2 unspecified atom stereocenters. The molecule has 2 aromatic rings. The van der Waals surface area contributed by atoms with Gasteiger partial charge in [-0.05, 0) is 49.9 Å². The van der Waals surface area contributed by atoms with Crippen LogP contribution < -0.4 is 18.9 Å². The van der Waals surface area contributed by atoms with E-state index in [1.807, 2.05) is 38.1 Å². The fourth-order valence-electron chi connectivity index (χ4n) is 3.83. The topological polar surface area (TPSA) is 133 Å². The van der Waals surface area contributed by atoms with Crippen molar-refractivity contribution in [2.24, 2.45) is 0 Å². The average molecular weight is 647 g/mol. The fraction of sp³-hybridized carbons (Fsp3) is 0.600.